The van der Waals surface area contributed by atoms with Crippen LogP contribution in [0.5, 0.6) is 0 Å². The van der Waals surface area contributed by atoms with Crippen LogP contribution in [0, 0.1) is 0 Å². The van der Waals surface area contributed by atoms with Gasteiger partial charge in [0.15, 0.2) is 5.69 Å². The van der Waals surface area contributed by atoms with Gasteiger partial charge in [-0.15, -0.1) is 0 Å². The number of carbonyl (C=O) groups is 1. The Hall–Kier alpha value is -2.97. The van der Waals surface area contributed by atoms with E-state index in [4.69, 9.17) is 4.52 Å². The van der Waals surface area contributed by atoms with E-state index in [0.29, 0.717) is 19.5 Å². The molecule has 1 atom stereocenters. The molecule has 0 spiro atoms. The first kappa shape index (κ1) is 19.4. The van der Waals surface area contributed by atoms with Crippen molar-refractivity contribution in [1.82, 2.24) is 14.8 Å². The van der Waals surface area contributed by atoms with Gasteiger partial charge in [-0.2, -0.15) is 0 Å². The third kappa shape index (κ3) is 4.08. The third-order valence-electron chi connectivity index (χ3n) is 5.08. The maximum Gasteiger partial charge on any atom is 0.276 e. The summed E-state index contributed by atoms with van der Waals surface area (Å²) in [5.41, 5.74) is 3.04. The molecule has 0 saturated carbocycles. The van der Waals surface area contributed by atoms with Gasteiger partial charge in [0.05, 0.1) is 4.90 Å². The maximum absolute atomic E-state index is 12.8. The van der Waals surface area contributed by atoms with Gasteiger partial charge in [-0.3, -0.25) is 4.79 Å². The highest BCUT2D eigenvalue weighted by Gasteiger charge is 2.25. The topological polar surface area (TPSA) is 92.5 Å². The number of nitrogens with zero attached hydrogens (tertiary/aromatic N) is 2. The largest absolute Gasteiger partial charge is 0.364 e. The molecule has 29 heavy (non-hydrogen) atoms. The van der Waals surface area contributed by atoms with Gasteiger partial charge >= 0.3 is 0 Å². The SMILES string of the molecule is C[C@H](NS(=O)(=O)c1ccc2c(c1)CCN(C(=O)c1ccon1)C2)c1ccccc1. The van der Waals surface area contributed by atoms with Crippen LogP contribution in [0.3, 0.4) is 0 Å². The van der Waals surface area contributed by atoms with Gasteiger partial charge < -0.3 is 9.42 Å². The summed E-state index contributed by atoms with van der Waals surface area (Å²) in [6.07, 6.45) is 1.95. The van der Waals surface area contributed by atoms with Gasteiger partial charge in [0.25, 0.3) is 5.91 Å². The Kier molecular flexibility index (Phi) is 5.21. The van der Waals surface area contributed by atoms with Crippen LogP contribution in [-0.2, 0) is 23.0 Å². The number of hydrogen-bond acceptors (Lipinski definition) is 5. The maximum atomic E-state index is 12.8. The molecule has 1 amide bonds. The average Bonchev–Trinajstić information content (AvgIpc) is 3.27. The van der Waals surface area contributed by atoms with Crippen molar-refractivity contribution in [3.8, 4) is 0 Å². The summed E-state index contributed by atoms with van der Waals surface area (Å²) in [6.45, 7) is 2.73. The van der Waals surface area contributed by atoms with Crippen molar-refractivity contribution >= 4 is 15.9 Å². The molecule has 1 N–H and O–H groups in total. The fourth-order valence-electron chi connectivity index (χ4n) is 3.47. The van der Waals surface area contributed by atoms with Crippen LogP contribution >= 0.6 is 0 Å². The molecule has 2 heterocycles. The minimum atomic E-state index is -3.66. The van der Waals surface area contributed by atoms with Gasteiger partial charge in [0.1, 0.15) is 6.26 Å². The summed E-state index contributed by atoms with van der Waals surface area (Å²) in [5.74, 6) is -0.195. The number of fused-ring (bicyclic) bond motifs is 1. The number of sulfonamides is 1. The summed E-state index contributed by atoms with van der Waals surface area (Å²) in [6, 6.07) is 15.7. The normalized spacial score (nSPS) is 15.0. The zero-order valence-electron chi connectivity index (χ0n) is 15.9. The highest BCUT2D eigenvalue weighted by Crippen LogP contribution is 2.24. The van der Waals surface area contributed by atoms with E-state index < -0.39 is 10.0 Å². The molecule has 7 nitrogen and oxygen atoms in total. The van der Waals surface area contributed by atoms with Crippen LogP contribution in [0.2, 0.25) is 0 Å². The minimum Gasteiger partial charge on any atom is -0.364 e. The Balaban J connectivity index is 1.51. The second-order valence-electron chi connectivity index (χ2n) is 7.05. The molecule has 0 fully saturated rings. The van der Waals surface area contributed by atoms with E-state index in [2.05, 4.69) is 9.88 Å². The van der Waals surface area contributed by atoms with Gasteiger partial charge in [0.2, 0.25) is 10.0 Å². The second-order valence-corrected chi connectivity index (χ2v) is 8.76. The number of aromatic nitrogens is 1. The molecule has 4 rings (SSSR count). The molecule has 1 aromatic heterocycles. The van der Waals surface area contributed by atoms with Crippen molar-refractivity contribution in [1.29, 1.82) is 0 Å². The van der Waals surface area contributed by atoms with Gasteiger partial charge in [0, 0.05) is 25.2 Å². The number of hydrogen-bond donors (Lipinski definition) is 1. The van der Waals surface area contributed by atoms with E-state index in [1.165, 1.54) is 12.3 Å². The second kappa shape index (κ2) is 7.81. The predicted octanol–water partition coefficient (Wildman–Crippen LogP) is 2.91. The Bertz CT molecular complexity index is 1110. The quantitative estimate of drug-likeness (QED) is 0.697. The van der Waals surface area contributed by atoms with Crippen molar-refractivity contribution in [3.05, 3.63) is 83.2 Å². The zero-order chi connectivity index (χ0) is 20.4. The average molecular weight is 411 g/mol. The van der Waals surface area contributed by atoms with Crippen LogP contribution in [-0.4, -0.2) is 30.9 Å². The lowest BCUT2D eigenvalue weighted by Gasteiger charge is -2.28. The Morgan fingerprint density at radius 1 is 1.14 bits per heavy atom. The Labute approximate surface area is 169 Å². The third-order valence-corrected chi connectivity index (χ3v) is 6.61. The molecular weight excluding hydrogens is 390 g/mol. The lowest BCUT2D eigenvalue weighted by atomic mass is 9.99. The van der Waals surface area contributed by atoms with E-state index in [-0.39, 0.29) is 22.5 Å². The number of benzene rings is 2. The van der Waals surface area contributed by atoms with Crippen molar-refractivity contribution in [2.45, 2.75) is 30.8 Å². The highest BCUT2D eigenvalue weighted by molar-refractivity contribution is 7.89. The number of amides is 1. The molecule has 0 saturated heterocycles. The zero-order valence-corrected chi connectivity index (χ0v) is 16.7. The van der Waals surface area contributed by atoms with Crippen molar-refractivity contribution in [3.63, 3.8) is 0 Å². The van der Waals surface area contributed by atoms with Crippen molar-refractivity contribution in [2.75, 3.05) is 6.54 Å². The van der Waals surface area contributed by atoms with Crippen molar-refractivity contribution in [2.24, 2.45) is 0 Å². The number of rotatable bonds is 5. The molecule has 0 unspecified atom stereocenters. The summed E-state index contributed by atoms with van der Waals surface area (Å²) in [5, 5.41) is 3.69. The number of nitrogens with one attached hydrogen (secondary N) is 1. The van der Waals surface area contributed by atoms with E-state index in [1.807, 2.05) is 37.3 Å². The summed E-state index contributed by atoms with van der Waals surface area (Å²) >= 11 is 0. The minimum absolute atomic E-state index is 0.195. The monoisotopic (exact) mass is 411 g/mol. The first-order valence-corrected chi connectivity index (χ1v) is 10.8. The molecular formula is C21H21N3O4S. The summed E-state index contributed by atoms with van der Waals surface area (Å²) < 4.78 is 33.1. The lowest BCUT2D eigenvalue weighted by Crippen LogP contribution is -2.36. The van der Waals surface area contributed by atoms with E-state index in [9.17, 15) is 13.2 Å². The molecule has 3 aromatic rings. The van der Waals surface area contributed by atoms with Crippen LogP contribution < -0.4 is 4.72 Å². The molecule has 1 aliphatic rings. The molecule has 8 heteroatoms. The highest BCUT2D eigenvalue weighted by atomic mass is 32.2. The summed E-state index contributed by atoms with van der Waals surface area (Å²) in [4.78, 5) is 14.4. The molecule has 0 bridgehead atoms. The van der Waals surface area contributed by atoms with Crippen LogP contribution in [0.25, 0.3) is 0 Å². The smallest absolute Gasteiger partial charge is 0.276 e. The Morgan fingerprint density at radius 2 is 1.93 bits per heavy atom. The fraction of sp³-hybridized carbons (Fsp3) is 0.238. The fourth-order valence-corrected chi connectivity index (χ4v) is 4.75. The summed E-state index contributed by atoms with van der Waals surface area (Å²) in [7, 11) is -3.66. The van der Waals surface area contributed by atoms with Gasteiger partial charge in [-0.05, 0) is 42.2 Å². The standard InChI is InChI=1S/C21H21N3O4S/c1-15(16-5-3-2-4-6-16)23-29(26,27)19-8-7-18-14-24(11-9-17(18)13-19)21(25)20-10-12-28-22-20/h2-8,10,12-13,15,23H,9,11,14H2,1H3/t15-/m0/s1. The predicted molar refractivity (Wildman–Crippen MR) is 107 cm³/mol. The van der Waals surface area contributed by atoms with Gasteiger partial charge in [-0.1, -0.05) is 41.6 Å². The molecule has 1 aliphatic heterocycles. The van der Waals surface area contributed by atoms with Crippen molar-refractivity contribution < 1.29 is 17.7 Å². The van der Waals surface area contributed by atoms with Crippen LogP contribution in [0.4, 0.5) is 0 Å². The molecule has 2 aromatic carbocycles. The number of carbonyl (C=O) groups excluding carboxylic acids is 1. The van der Waals surface area contributed by atoms with E-state index in [0.717, 1.165) is 16.7 Å². The first-order valence-electron chi connectivity index (χ1n) is 9.33. The molecule has 0 radical (unpaired) electrons. The van der Waals surface area contributed by atoms with E-state index in [1.54, 1.807) is 23.1 Å². The van der Waals surface area contributed by atoms with E-state index >= 15 is 0 Å². The molecule has 150 valence electrons. The molecule has 0 aliphatic carbocycles. The van der Waals surface area contributed by atoms with Gasteiger partial charge in [-0.25, -0.2) is 13.1 Å². The Morgan fingerprint density at radius 3 is 2.66 bits per heavy atom. The van der Waals surface area contributed by atoms with Crippen LogP contribution in [0.1, 0.15) is 40.1 Å². The first-order chi connectivity index (χ1) is 13.9. The lowest BCUT2D eigenvalue weighted by molar-refractivity contribution is 0.0724. The van der Waals surface area contributed by atoms with Crippen LogP contribution in [0.15, 0.2) is 70.3 Å².